The van der Waals surface area contributed by atoms with E-state index >= 15 is 0 Å². The first-order valence-corrected chi connectivity index (χ1v) is 7.91. The number of hydrogen-bond acceptors (Lipinski definition) is 6. The minimum absolute atomic E-state index is 0.608. The number of fused-ring (bicyclic) bond motifs is 2. The van der Waals surface area contributed by atoms with Crippen molar-refractivity contribution in [3.63, 3.8) is 0 Å². The molecule has 0 atom stereocenters. The van der Waals surface area contributed by atoms with Crippen LogP contribution in [0.3, 0.4) is 0 Å². The zero-order chi connectivity index (χ0) is 14.9. The number of ether oxygens (including phenoxy) is 2. The number of nitrogens with zero attached hydrogens (tertiary/aromatic N) is 3. The van der Waals surface area contributed by atoms with Gasteiger partial charge < -0.3 is 14.4 Å². The van der Waals surface area contributed by atoms with Crippen molar-refractivity contribution in [1.29, 1.82) is 0 Å². The predicted molar refractivity (Wildman–Crippen MR) is 87.0 cm³/mol. The zero-order valence-corrected chi connectivity index (χ0v) is 13.0. The number of benzene rings is 1. The maximum absolute atomic E-state index is 5.63. The fourth-order valence-electron chi connectivity index (χ4n) is 2.46. The van der Waals surface area contributed by atoms with E-state index in [1.165, 1.54) is 5.56 Å². The summed E-state index contributed by atoms with van der Waals surface area (Å²) in [4.78, 5) is 10.9. The van der Waals surface area contributed by atoms with Crippen LogP contribution in [-0.2, 0) is 6.54 Å². The van der Waals surface area contributed by atoms with Crippen LogP contribution in [0, 0.1) is 0 Å². The summed E-state index contributed by atoms with van der Waals surface area (Å²) in [5, 5.41) is 0.984. The van der Waals surface area contributed by atoms with Crippen LogP contribution in [0.15, 0.2) is 36.7 Å². The monoisotopic (exact) mass is 313 g/mol. The van der Waals surface area contributed by atoms with Crippen molar-refractivity contribution in [2.45, 2.75) is 6.54 Å². The lowest BCUT2D eigenvalue weighted by Gasteiger charge is -2.20. The minimum Gasteiger partial charge on any atom is -0.486 e. The van der Waals surface area contributed by atoms with Crippen LogP contribution in [0.25, 0.3) is 10.2 Å². The highest BCUT2D eigenvalue weighted by Crippen LogP contribution is 2.32. The van der Waals surface area contributed by atoms with E-state index in [0.29, 0.717) is 13.2 Å². The number of anilines is 1. The molecule has 1 aliphatic rings. The van der Waals surface area contributed by atoms with Gasteiger partial charge in [0.25, 0.3) is 0 Å². The molecule has 0 unspecified atom stereocenters. The van der Waals surface area contributed by atoms with Crippen molar-refractivity contribution in [3.05, 3.63) is 42.2 Å². The van der Waals surface area contributed by atoms with E-state index in [2.05, 4.69) is 20.9 Å². The Morgan fingerprint density at radius 1 is 1.18 bits per heavy atom. The molecule has 1 aliphatic heterocycles. The topological polar surface area (TPSA) is 47.5 Å². The maximum atomic E-state index is 5.63. The molecule has 1 aromatic carbocycles. The van der Waals surface area contributed by atoms with Crippen molar-refractivity contribution < 1.29 is 9.47 Å². The van der Waals surface area contributed by atoms with E-state index in [4.69, 9.17) is 9.47 Å². The normalized spacial score (nSPS) is 13.3. The van der Waals surface area contributed by atoms with Gasteiger partial charge >= 0.3 is 0 Å². The van der Waals surface area contributed by atoms with Gasteiger partial charge in [-0.2, -0.15) is 0 Å². The van der Waals surface area contributed by atoms with E-state index in [9.17, 15) is 0 Å². The summed E-state index contributed by atoms with van der Waals surface area (Å²) in [5.74, 6) is 1.65. The second-order valence-corrected chi connectivity index (χ2v) is 6.18. The van der Waals surface area contributed by atoms with Gasteiger partial charge in [-0.25, -0.2) is 4.98 Å². The van der Waals surface area contributed by atoms with Gasteiger partial charge in [-0.1, -0.05) is 17.4 Å². The Morgan fingerprint density at radius 3 is 2.91 bits per heavy atom. The number of pyridine rings is 1. The standard InChI is InChI=1S/C16H15N3O2S/c1-19(16-18-12-9-17-5-4-15(12)22-16)10-11-2-3-13-14(8-11)21-7-6-20-13/h2-5,8-9H,6-7,10H2,1H3. The number of hydrogen-bond donors (Lipinski definition) is 0. The first-order valence-electron chi connectivity index (χ1n) is 7.10. The second kappa shape index (κ2) is 5.46. The van der Waals surface area contributed by atoms with Crippen molar-refractivity contribution in [2.24, 2.45) is 0 Å². The molecule has 2 aromatic heterocycles. The summed E-state index contributed by atoms with van der Waals surface area (Å²) in [6.45, 7) is 1.99. The highest BCUT2D eigenvalue weighted by Gasteiger charge is 2.14. The Balaban J connectivity index is 1.57. The SMILES string of the molecule is CN(Cc1ccc2c(c1)OCCO2)c1nc2cnccc2s1. The molecule has 0 aliphatic carbocycles. The fourth-order valence-corrected chi connectivity index (χ4v) is 3.35. The lowest BCUT2D eigenvalue weighted by Crippen LogP contribution is -2.18. The van der Waals surface area contributed by atoms with E-state index < -0.39 is 0 Å². The molecular formula is C16H15N3O2S. The van der Waals surface area contributed by atoms with E-state index in [0.717, 1.165) is 33.4 Å². The lowest BCUT2D eigenvalue weighted by molar-refractivity contribution is 0.171. The zero-order valence-electron chi connectivity index (χ0n) is 12.2. The predicted octanol–water partition coefficient (Wildman–Crippen LogP) is 3.10. The van der Waals surface area contributed by atoms with E-state index in [1.54, 1.807) is 23.7 Å². The van der Waals surface area contributed by atoms with Crippen LogP contribution in [0.1, 0.15) is 5.56 Å². The van der Waals surface area contributed by atoms with Crippen LogP contribution in [0.2, 0.25) is 0 Å². The number of aromatic nitrogens is 2. The summed E-state index contributed by atoms with van der Waals surface area (Å²) in [6, 6.07) is 8.08. The quantitative estimate of drug-likeness (QED) is 0.743. The van der Waals surface area contributed by atoms with Crippen molar-refractivity contribution in [1.82, 2.24) is 9.97 Å². The molecule has 5 nitrogen and oxygen atoms in total. The van der Waals surface area contributed by atoms with E-state index in [-0.39, 0.29) is 0 Å². The fraction of sp³-hybridized carbons (Fsp3) is 0.250. The molecule has 112 valence electrons. The molecule has 0 spiro atoms. The molecule has 3 heterocycles. The van der Waals surface area contributed by atoms with Gasteiger partial charge in [0.2, 0.25) is 0 Å². The Bertz CT molecular complexity index is 785. The lowest BCUT2D eigenvalue weighted by atomic mass is 10.2. The third-order valence-electron chi connectivity index (χ3n) is 3.53. The molecule has 0 bridgehead atoms. The second-order valence-electron chi connectivity index (χ2n) is 5.17. The first kappa shape index (κ1) is 13.3. The maximum Gasteiger partial charge on any atom is 0.186 e. The summed E-state index contributed by atoms with van der Waals surface area (Å²) in [7, 11) is 2.04. The summed E-state index contributed by atoms with van der Waals surface area (Å²) in [6.07, 6.45) is 3.60. The van der Waals surface area contributed by atoms with Gasteiger partial charge in [0, 0.05) is 19.8 Å². The van der Waals surface area contributed by atoms with Gasteiger partial charge in [-0.3, -0.25) is 4.98 Å². The van der Waals surface area contributed by atoms with Crippen LogP contribution >= 0.6 is 11.3 Å². The molecule has 0 N–H and O–H groups in total. The summed E-state index contributed by atoms with van der Waals surface area (Å²) >= 11 is 1.67. The third kappa shape index (κ3) is 2.46. The molecule has 4 rings (SSSR count). The van der Waals surface area contributed by atoms with Crippen LogP contribution in [0.4, 0.5) is 5.13 Å². The molecule has 22 heavy (non-hydrogen) atoms. The van der Waals surface area contributed by atoms with Crippen LogP contribution in [-0.4, -0.2) is 30.2 Å². The molecule has 0 saturated carbocycles. The van der Waals surface area contributed by atoms with Gasteiger partial charge in [0.15, 0.2) is 16.6 Å². The Hall–Kier alpha value is -2.34. The molecule has 0 fully saturated rings. The Labute approximate surface area is 132 Å². The van der Waals surface area contributed by atoms with Crippen LogP contribution in [0.5, 0.6) is 11.5 Å². The van der Waals surface area contributed by atoms with E-state index in [1.807, 2.05) is 25.2 Å². The molecule has 6 heteroatoms. The highest BCUT2D eigenvalue weighted by molar-refractivity contribution is 7.22. The Morgan fingerprint density at radius 2 is 2.05 bits per heavy atom. The molecule has 0 saturated heterocycles. The number of thiazole rings is 1. The summed E-state index contributed by atoms with van der Waals surface area (Å²) < 4.78 is 12.3. The smallest absolute Gasteiger partial charge is 0.186 e. The average Bonchev–Trinajstić information content (AvgIpc) is 2.99. The molecular weight excluding hydrogens is 298 g/mol. The average molecular weight is 313 g/mol. The molecule has 3 aromatic rings. The minimum atomic E-state index is 0.608. The first-order chi connectivity index (χ1) is 10.8. The largest absolute Gasteiger partial charge is 0.486 e. The van der Waals surface area contributed by atoms with Gasteiger partial charge in [0.1, 0.15) is 18.7 Å². The Kier molecular flexibility index (Phi) is 3.31. The third-order valence-corrected chi connectivity index (χ3v) is 4.68. The van der Waals surface area contributed by atoms with Crippen molar-refractivity contribution in [3.8, 4) is 11.5 Å². The highest BCUT2D eigenvalue weighted by atomic mass is 32.1. The van der Waals surface area contributed by atoms with Crippen LogP contribution < -0.4 is 14.4 Å². The van der Waals surface area contributed by atoms with Crippen molar-refractivity contribution >= 4 is 26.7 Å². The molecule has 0 radical (unpaired) electrons. The van der Waals surface area contributed by atoms with Gasteiger partial charge in [0.05, 0.1) is 10.9 Å². The molecule has 0 amide bonds. The summed E-state index contributed by atoms with van der Waals surface area (Å²) in [5.41, 5.74) is 2.11. The van der Waals surface area contributed by atoms with Gasteiger partial charge in [-0.15, -0.1) is 0 Å². The van der Waals surface area contributed by atoms with Crippen molar-refractivity contribution in [2.75, 3.05) is 25.2 Å². The number of rotatable bonds is 3. The van der Waals surface area contributed by atoms with Gasteiger partial charge in [-0.05, 0) is 23.8 Å².